The molecule has 4 nitrogen and oxygen atoms in total. The van der Waals surface area contributed by atoms with E-state index in [-0.39, 0.29) is 11.2 Å². The lowest BCUT2D eigenvalue weighted by Crippen LogP contribution is -2.18. The van der Waals surface area contributed by atoms with Crippen LogP contribution in [-0.4, -0.2) is 20.8 Å². The largest absolute Gasteiger partial charge is 0.494 e. The van der Waals surface area contributed by atoms with Gasteiger partial charge in [0, 0.05) is 0 Å². The average Bonchev–Trinajstić information content (AvgIpc) is 2.22. The topological polar surface area (TPSA) is 69.4 Å². The summed E-state index contributed by atoms with van der Waals surface area (Å²) in [7, 11) is -3.39. The van der Waals surface area contributed by atoms with Crippen LogP contribution >= 0.6 is 0 Å². The van der Waals surface area contributed by atoms with Crippen molar-refractivity contribution in [1.29, 1.82) is 0 Å². The van der Waals surface area contributed by atoms with Gasteiger partial charge in [0.15, 0.2) is 0 Å². The van der Waals surface area contributed by atoms with E-state index < -0.39 is 10.0 Å². The molecule has 1 aromatic rings. The summed E-state index contributed by atoms with van der Waals surface area (Å²) in [6.45, 7) is 6.75. The average molecular weight is 271 g/mol. The Morgan fingerprint density at radius 1 is 1.28 bits per heavy atom. The first-order valence-electron chi connectivity index (χ1n) is 5.92. The molecule has 0 unspecified atom stereocenters. The fraction of sp³-hybridized carbons (Fsp3) is 0.538. The minimum absolute atomic E-state index is 0.0496. The van der Waals surface area contributed by atoms with E-state index in [0.29, 0.717) is 13.0 Å². The Hall–Kier alpha value is -1.07. The van der Waals surface area contributed by atoms with Gasteiger partial charge in [0.25, 0.3) is 0 Å². The Labute approximate surface area is 109 Å². The zero-order valence-electron chi connectivity index (χ0n) is 11.1. The van der Waals surface area contributed by atoms with Crippen molar-refractivity contribution in [2.24, 2.45) is 5.14 Å². The predicted molar refractivity (Wildman–Crippen MR) is 73.2 cm³/mol. The third-order valence-corrected chi connectivity index (χ3v) is 3.40. The van der Waals surface area contributed by atoms with Crippen LogP contribution in [0.15, 0.2) is 24.3 Å². The Morgan fingerprint density at radius 2 is 1.94 bits per heavy atom. The summed E-state index contributed by atoms with van der Waals surface area (Å²) in [5.41, 5.74) is 1.26. The highest BCUT2D eigenvalue weighted by Crippen LogP contribution is 2.25. The van der Waals surface area contributed by atoms with Gasteiger partial charge < -0.3 is 4.74 Å². The van der Waals surface area contributed by atoms with Crippen LogP contribution in [0.4, 0.5) is 0 Å². The number of hydrogen-bond acceptors (Lipinski definition) is 3. The zero-order valence-corrected chi connectivity index (χ0v) is 12.0. The summed E-state index contributed by atoms with van der Waals surface area (Å²) in [4.78, 5) is 0. The van der Waals surface area contributed by atoms with Crippen LogP contribution in [0.1, 0.15) is 32.8 Å². The van der Waals surface area contributed by atoms with Gasteiger partial charge in [-0.25, -0.2) is 13.6 Å². The first kappa shape index (κ1) is 15.0. The second kappa shape index (κ2) is 5.71. The quantitative estimate of drug-likeness (QED) is 0.833. The van der Waals surface area contributed by atoms with Crippen molar-refractivity contribution >= 4 is 10.0 Å². The molecule has 5 heteroatoms. The van der Waals surface area contributed by atoms with E-state index in [1.165, 1.54) is 5.56 Å². The lowest BCUT2D eigenvalue weighted by molar-refractivity contribution is 0.317. The molecule has 0 aromatic heterocycles. The number of rotatable bonds is 5. The number of sulfonamides is 1. The van der Waals surface area contributed by atoms with Crippen molar-refractivity contribution in [3.05, 3.63) is 29.8 Å². The van der Waals surface area contributed by atoms with Crippen LogP contribution in [-0.2, 0) is 15.4 Å². The van der Waals surface area contributed by atoms with Crippen LogP contribution in [0.2, 0.25) is 0 Å². The molecule has 102 valence electrons. The fourth-order valence-electron chi connectivity index (χ4n) is 1.50. The van der Waals surface area contributed by atoms with E-state index >= 15 is 0 Å². The second-order valence-corrected chi connectivity index (χ2v) is 7.08. The SMILES string of the molecule is CC(C)(C)c1cccc(OCCCS(N)(=O)=O)c1. The maximum Gasteiger partial charge on any atom is 0.209 e. The Morgan fingerprint density at radius 3 is 2.50 bits per heavy atom. The first-order chi connectivity index (χ1) is 8.18. The van der Waals surface area contributed by atoms with E-state index in [9.17, 15) is 8.42 Å². The second-order valence-electron chi connectivity index (χ2n) is 5.35. The van der Waals surface area contributed by atoms with Gasteiger partial charge in [0.05, 0.1) is 12.4 Å². The highest BCUT2D eigenvalue weighted by atomic mass is 32.2. The standard InChI is InChI=1S/C13H21NO3S/c1-13(2,3)11-6-4-7-12(10-11)17-8-5-9-18(14,15)16/h4,6-7,10H,5,8-9H2,1-3H3,(H2,14,15,16). The number of ether oxygens (including phenoxy) is 1. The van der Waals surface area contributed by atoms with Crippen molar-refractivity contribution < 1.29 is 13.2 Å². The molecule has 0 heterocycles. The molecule has 0 spiro atoms. The monoisotopic (exact) mass is 271 g/mol. The third kappa shape index (κ3) is 5.51. The van der Waals surface area contributed by atoms with E-state index in [1.54, 1.807) is 0 Å². The van der Waals surface area contributed by atoms with Crippen LogP contribution < -0.4 is 9.88 Å². The fourth-order valence-corrected chi connectivity index (χ4v) is 2.02. The normalized spacial score (nSPS) is 12.4. The summed E-state index contributed by atoms with van der Waals surface area (Å²) >= 11 is 0. The lowest BCUT2D eigenvalue weighted by Gasteiger charge is -2.19. The van der Waals surface area contributed by atoms with Crippen LogP contribution in [0.3, 0.4) is 0 Å². The molecule has 0 aliphatic rings. The van der Waals surface area contributed by atoms with Crippen molar-refractivity contribution in [3.8, 4) is 5.75 Å². The van der Waals surface area contributed by atoms with Gasteiger partial charge >= 0.3 is 0 Å². The van der Waals surface area contributed by atoms with Crippen LogP contribution in [0.5, 0.6) is 5.75 Å². The lowest BCUT2D eigenvalue weighted by atomic mass is 9.87. The van der Waals surface area contributed by atoms with Gasteiger partial charge in [-0.15, -0.1) is 0 Å². The molecule has 2 N–H and O–H groups in total. The molecule has 0 fully saturated rings. The van der Waals surface area contributed by atoms with Gasteiger partial charge in [0.1, 0.15) is 5.75 Å². The van der Waals surface area contributed by atoms with Crippen molar-refractivity contribution in [2.75, 3.05) is 12.4 Å². The summed E-state index contributed by atoms with van der Waals surface area (Å²) < 4.78 is 27.0. The predicted octanol–water partition coefficient (Wildman–Crippen LogP) is 2.04. The molecule has 0 saturated heterocycles. The molecule has 1 rings (SSSR count). The van der Waals surface area contributed by atoms with Crippen LogP contribution in [0.25, 0.3) is 0 Å². The molecule has 0 radical (unpaired) electrons. The number of nitrogens with two attached hydrogens (primary N) is 1. The third-order valence-electron chi connectivity index (χ3n) is 2.54. The Balaban J connectivity index is 2.53. The van der Waals surface area contributed by atoms with E-state index in [2.05, 4.69) is 26.8 Å². The molecule has 0 saturated carbocycles. The molecular formula is C13H21NO3S. The maximum absolute atomic E-state index is 10.8. The smallest absolute Gasteiger partial charge is 0.209 e. The molecule has 1 aromatic carbocycles. The van der Waals surface area contributed by atoms with Gasteiger partial charge in [-0.2, -0.15) is 0 Å². The molecular weight excluding hydrogens is 250 g/mol. The number of benzene rings is 1. The summed E-state index contributed by atoms with van der Waals surface area (Å²) in [5, 5.41) is 4.91. The highest BCUT2D eigenvalue weighted by molar-refractivity contribution is 7.89. The molecule has 0 bridgehead atoms. The molecule has 0 amide bonds. The Bertz CT molecular complexity index is 489. The van der Waals surface area contributed by atoms with Crippen LogP contribution in [0, 0.1) is 0 Å². The maximum atomic E-state index is 10.8. The zero-order chi connectivity index (χ0) is 13.8. The van der Waals surface area contributed by atoms with E-state index in [0.717, 1.165) is 5.75 Å². The minimum atomic E-state index is -3.39. The molecule has 18 heavy (non-hydrogen) atoms. The molecule has 0 atom stereocenters. The summed E-state index contributed by atoms with van der Waals surface area (Å²) in [6.07, 6.45) is 0.401. The van der Waals surface area contributed by atoms with Gasteiger partial charge in [-0.05, 0) is 29.5 Å². The van der Waals surface area contributed by atoms with Crippen molar-refractivity contribution in [3.63, 3.8) is 0 Å². The summed E-state index contributed by atoms with van der Waals surface area (Å²) in [5.74, 6) is 0.711. The van der Waals surface area contributed by atoms with E-state index in [4.69, 9.17) is 9.88 Å². The summed E-state index contributed by atoms with van der Waals surface area (Å²) in [6, 6.07) is 7.84. The first-order valence-corrected chi connectivity index (χ1v) is 7.64. The molecule has 0 aliphatic carbocycles. The van der Waals surface area contributed by atoms with Gasteiger partial charge in [0.2, 0.25) is 10.0 Å². The minimum Gasteiger partial charge on any atom is -0.494 e. The molecule has 0 aliphatic heterocycles. The van der Waals surface area contributed by atoms with Crippen molar-refractivity contribution in [2.45, 2.75) is 32.6 Å². The van der Waals surface area contributed by atoms with E-state index in [1.807, 2.05) is 18.2 Å². The van der Waals surface area contributed by atoms with Crippen molar-refractivity contribution in [1.82, 2.24) is 0 Å². The Kier molecular flexibility index (Phi) is 4.76. The van der Waals surface area contributed by atoms with Gasteiger partial charge in [-0.1, -0.05) is 32.9 Å². The van der Waals surface area contributed by atoms with Gasteiger partial charge in [-0.3, -0.25) is 0 Å². The number of primary sulfonamides is 1. The highest BCUT2D eigenvalue weighted by Gasteiger charge is 2.13. The number of hydrogen-bond donors (Lipinski definition) is 1.